The highest BCUT2D eigenvalue weighted by Crippen LogP contribution is 2.26. The van der Waals surface area contributed by atoms with Gasteiger partial charge in [0.1, 0.15) is 0 Å². The molecule has 1 aromatic carbocycles. The third kappa shape index (κ3) is 2.65. The van der Waals surface area contributed by atoms with Gasteiger partial charge in [-0.15, -0.1) is 5.10 Å². The van der Waals surface area contributed by atoms with E-state index in [-0.39, 0.29) is 5.69 Å². The zero-order valence-corrected chi connectivity index (χ0v) is 11.3. The van der Waals surface area contributed by atoms with Gasteiger partial charge in [-0.25, -0.2) is 9.89 Å². The fourth-order valence-electron chi connectivity index (χ4n) is 1.70. The Kier molecular flexibility index (Phi) is 3.88. The zero-order chi connectivity index (χ0) is 13.1. The van der Waals surface area contributed by atoms with Crippen molar-refractivity contribution in [3.8, 4) is 0 Å². The predicted molar refractivity (Wildman–Crippen MR) is 71.9 cm³/mol. The Labute approximate surface area is 109 Å². The van der Waals surface area contributed by atoms with E-state index in [0.29, 0.717) is 11.7 Å². The van der Waals surface area contributed by atoms with Gasteiger partial charge in [0.05, 0.1) is 0 Å². The molecule has 18 heavy (non-hydrogen) atoms. The Bertz CT molecular complexity index is 602. The number of hydrogen-bond donors (Lipinski definition) is 2. The van der Waals surface area contributed by atoms with Crippen molar-refractivity contribution in [1.29, 1.82) is 0 Å². The molecule has 3 N–H and O–H groups in total. The fourth-order valence-corrected chi connectivity index (χ4v) is 2.59. The third-order valence-electron chi connectivity index (χ3n) is 2.78. The van der Waals surface area contributed by atoms with Gasteiger partial charge in [-0.3, -0.25) is 4.57 Å². The number of nitrogens with two attached hydrogens (primary N) is 1. The summed E-state index contributed by atoms with van der Waals surface area (Å²) >= 11 is 1.47. The maximum atomic E-state index is 11.3. The van der Waals surface area contributed by atoms with Crippen LogP contribution in [0.4, 0.5) is 0 Å². The van der Waals surface area contributed by atoms with Crippen LogP contribution in [0.3, 0.4) is 0 Å². The largest absolute Gasteiger partial charge is 0.343 e. The van der Waals surface area contributed by atoms with Crippen LogP contribution in [0.5, 0.6) is 0 Å². The first-order valence-corrected chi connectivity index (χ1v) is 6.52. The predicted octanol–water partition coefficient (Wildman–Crippen LogP) is 1.07. The molecule has 6 heteroatoms. The zero-order valence-electron chi connectivity index (χ0n) is 10.4. The number of aryl methyl sites for hydroxylation is 1. The van der Waals surface area contributed by atoms with Gasteiger partial charge < -0.3 is 5.73 Å². The Balaban J connectivity index is 2.22. The fraction of sp³-hybridized carbons (Fsp3) is 0.333. The second kappa shape index (κ2) is 5.41. The summed E-state index contributed by atoms with van der Waals surface area (Å²) < 4.78 is 1.49. The quantitative estimate of drug-likeness (QED) is 0.866. The molecule has 0 fully saturated rings. The highest BCUT2D eigenvalue weighted by molar-refractivity contribution is 7.99. The molecule has 0 aliphatic carbocycles. The van der Waals surface area contributed by atoms with Crippen molar-refractivity contribution < 1.29 is 0 Å². The molecule has 2 aromatic rings. The second-order valence-corrected chi connectivity index (χ2v) is 5.14. The summed E-state index contributed by atoms with van der Waals surface area (Å²) in [7, 11) is 1.70. The number of benzene rings is 1. The van der Waals surface area contributed by atoms with Crippen LogP contribution in [0.2, 0.25) is 0 Å². The van der Waals surface area contributed by atoms with E-state index in [9.17, 15) is 4.79 Å². The van der Waals surface area contributed by atoms with Crippen LogP contribution in [0.1, 0.15) is 11.1 Å². The number of aromatic amines is 1. The van der Waals surface area contributed by atoms with Crippen molar-refractivity contribution in [1.82, 2.24) is 14.8 Å². The monoisotopic (exact) mass is 264 g/mol. The van der Waals surface area contributed by atoms with Crippen molar-refractivity contribution in [2.24, 2.45) is 12.8 Å². The summed E-state index contributed by atoms with van der Waals surface area (Å²) in [6.45, 7) is 2.72. The van der Waals surface area contributed by atoms with Crippen LogP contribution in [0.25, 0.3) is 0 Å². The minimum Gasteiger partial charge on any atom is -0.330 e. The highest BCUT2D eigenvalue weighted by Gasteiger charge is 2.07. The number of nitrogens with one attached hydrogen (secondary N) is 1. The van der Waals surface area contributed by atoms with Crippen molar-refractivity contribution >= 4 is 11.8 Å². The molecule has 0 saturated heterocycles. The maximum absolute atomic E-state index is 11.3. The summed E-state index contributed by atoms with van der Waals surface area (Å²) in [4.78, 5) is 12.3. The molecule has 1 heterocycles. The first-order valence-electron chi connectivity index (χ1n) is 5.70. The molecule has 2 rings (SSSR count). The summed E-state index contributed by atoms with van der Waals surface area (Å²) in [5.74, 6) is 0. The first-order chi connectivity index (χ1) is 8.61. The average molecular weight is 264 g/mol. The molecule has 96 valence electrons. The molecule has 0 aliphatic rings. The van der Waals surface area contributed by atoms with Gasteiger partial charge in [-0.05, 0) is 54.9 Å². The van der Waals surface area contributed by atoms with Crippen LogP contribution in [-0.2, 0) is 13.5 Å². The van der Waals surface area contributed by atoms with E-state index in [2.05, 4.69) is 29.3 Å². The molecule has 0 saturated carbocycles. The molecule has 0 bridgehead atoms. The Hall–Kier alpha value is -1.53. The smallest absolute Gasteiger partial charge is 0.330 e. The minimum absolute atomic E-state index is 0.200. The lowest BCUT2D eigenvalue weighted by molar-refractivity contribution is 0.766. The number of nitrogens with zero attached hydrogens (tertiary/aromatic N) is 2. The molecule has 5 nitrogen and oxygen atoms in total. The van der Waals surface area contributed by atoms with E-state index in [1.807, 2.05) is 6.07 Å². The van der Waals surface area contributed by atoms with E-state index in [1.165, 1.54) is 27.5 Å². The van der Waals surface area contributed by atoms with E-state index in [1.54, 1.807) is 7.05 Å². The van der Waals surface area contributed by atoms with E-state index >= 15 is 0 Å². The van der Waals surface area contributed by atoms with Gasteiger partial charge in [0.15, 0.2) is 5.16 Å². The number of aromatic nitrogens is 3. The molecule has 0 aliphatic heterocycles. The van der Waals surface area contributed by atoms with Gasteiger partial charge >= 0.3 is 5.69 Å². The third-order valence-corrected chi connectivity index (χ3v) is 3.81. The molecule has 0 atom stereocenters. The molecular weight excluding hydrogens is 248 g/mol. The summed E-state index contributed by atoms with van der Waals surface area (Å²) in [5, 5.41) is 7.05. The van der Waals surface area contributed by atoms with E-state index in [0.717, 1.165) is 11.3 Å². The van der Waals surface area contributed by atoms with E-state index in [4.69, 9.17) is 5.73 Å². The summed E-state index contributed by atoms with van der Waals surface area (Å²) in [6.07, 6.45) is 0.887. The molecule has 1 aromatic heterocycles. The topological polar surface area (TPSA) is 76.7 Å². The number of hydrogen-bond acceptors (Lipinski definition) is 4. The second-order valence-electron chi connectivity index (χ2n) is 4.10. The van der Waals surface area contributed by atoms with Gasteiger partial charge in [0.2, 0.25) is 0 Å². The first kappa shape index (κ1) is 12.9. The molecule has 0 unspecified atom stereocenters. The lowest BCUT2D eigenvalue weighted by Crippen LogP contribution is -2.12. The lowest BCUT2D eigenvalue weighted by Gasteiger charge is -2.06. The average Bonchev–Trinajstić information content (AvgIpc) is 2.65. The van der Waals surface area contributed by atoms with Crippen LogP contribution >= 0.6 is 11.8 Å². The molecule has 0 amide bonds. The van der Waals surface area contributed by atoms with Crippen LogP contribution in [-0.4, -0.2) is 21.3 Å². The van der Waals surface area contributed by atoms with Crippen molar-refractivity contribution in [2.45, 2.75) is 23.4 Å². The van der Waals surface area contributed by atoms with Gasteiger partial charge in [0.25, 0.3) is 0 Å². The SMILES string of the molecule is Cc1cc(Sc2n[nH]c(=O)n2C)ccc1CCN. The molecular formula is C12H16N4OS. The minimum atomic E-state index is -0.200. The van der Waals surface area contributed by atoms with Gasteiger partial charge in [0, 0.05) is 11.9 Å². The number of rotatable bonds is 4. The number of H-pyrrole nitrogens is 1. The Morgan fingerprint density at radius 2 is 2.28 bits per heavy atom. The van der Waals surface area contributed by atoms with Crippen LogP contribution in [0, 0.1) is 6.92 Å². The Morgan fingerprint density at radius 1 is 1.50 bits per heavy atom. The molecule has 0 radical (unpaired) electrons. The van der Waals surface area contributed by atoms with Crippen LogP contribution in [0.15, 0.2) is 33.0 Å². The Morgan fingerprint density at radius 3 is 2.83 bits per heavy atom. The van der Waals surface area contributed by atoms with Crippen molar-refractivity contribution in [3.05, 3.63) is 39.8 Å². The molecule has 0 spiro atoms. The maximum Gasteiger partial charge on any atom is 0.343 e. The summed E-state index contributed by atoms with van der Waals surface area (Å²) in [5.41, 5.74) is 7.83. The normalized spacial score (nSPS) is 10.8. The standard InChI is InChI=1S/C12H16N4OS/c1-8-7-10(4-3-9(8)5-6-13)18-12-15-14-11(17)16(12)2/h3-4,7H,5-6,13H2,1-2H3,(H,14,17). The highest BCUT2D eigenvalue weighted by atomic mass is 32.2. The summed E-state index contributed by atoms with van der Waals surface area (Å²) in [6, 6.07) is 6.20. The van der Waals surface area contributed by atoms with Gasteiger partial charge in [-0.2, -0.15) is 0 Å². The van der Waals surface area contributed by atoms with Crippen molar-refractivity contribution in [3.63, 3.8) is 0 Å². The van der Waals surface area contributed by atoms with Crippen LogP contribution < -0.4 is 11.4 Å². The lowest BCUT2D eigenvalue weighted by atomic mass is 10.1. The van der Waals surface area contributed by atoms with Gasteiger partial charge in [-0.1, -0.05) is 6.07 Å². The van der Waals surface area contributed by atoms with Crippen molar-refractivity contribution in [2.75, 3.05) is 6.54 Å². The van der Waals surface area contributed by atoms with E-state index < -0.39 is 0 Å².